The van der Waals surface area contributed by atoms with Crippen LogP contribution < -0.4 is 10.9 Å². The van der Waals surface area contributed by atoms with E-state index in [0.717, 1.165) is 18.3 Å². The zero-order valence-electron chi connectivity index (χ0n) is 30.7. The van der Waals surface area contributed by atoms with Crippen molar-refractivity contribution in [1.82, 2.24) is 14.8 Å². The number of amides is 1. The predicted octanol–water partition coefficient (Wildman–Crippen LogP) is 7.58. The summed E-state index contributed by atoms with van der Waals surface area (Å²) in [5.74, 6) is -8.53. The summed E-state index contributed by atoms with van der Waals surface area (Å²) in [6, 6.07) is 0.302. The molecule has 3 aromatic rings. The third kappa shape index (κ3) is 10.0. The molecule has 298 valence electrons. The second-order valence-corrected chi connectivity index (χ2v) is 13.5. The number of pyridine rings is 1. The number of nitrogens with zero attached hydrogens (tertiary/aromatic N) is 2. The highest BCUT2D eigenvalue weighted by Gasteiger charge is 2.47. The standard InChI is InChI=1S/C37H42F9N3O5/c1-8-48(7)11-10-22-18-49(28(50)16-25(22)36(41,42)43)27(12-19(3)4)34(52)47-35(53,17-29(51)54-9-2)31-32(39)24(15-26(33(31)40)37(44,45)46)30-20(5)13-23(38)14-21(30)6/h13-16,18-19,27,53H,8-12,17H2,1-7H3,(H,47,52). The first-order chi connectivity index (χ1) is 24.9. The topological polar surface area (TPSA) is 101 Å². The monoisotopic (exact) mass is 779 g/mol. The van der Waals surface area contributed by atoms with E-state index in [1.807, 2.05) is 5.32 Å². The van der Waals surface area contributed by atoms with Crippen molar-refractivity contribution in [2.45, 2.75) is 84.9 Å². The summed E-state index contributed by atoms with van der Waals surface area (Å²) in [5, 5.41) is 13.8. The van der Waals surface area contributed by atoms with E-state index in [1.54, 1.807) is 32.7 Å². The quantitative estimate of drug-likeness (QED) is 0.0995. The van der Waals surface area contributed by atoms with Crippen molar-refractivity contribution < 1.29 is 58.9 Å². The van der Waals surface area contributed by atoms with Crippen LogP contribution in [0.4, 0.5) is 39.5 Å². The van der Waals surface area contributed by atoms with E-state index >= 15 is 8.78 Å². The number of alkyl halides is 6. The number of ether oxygens (including phenoxy) is 1. The number of hydrogen-bond acceptors (Lipinski definition) is 6. The molecule has 0 saturated heterocycles. The summed E-state index contributed by atoms with van der Waals surface area (Å²) in [4.78, 5) is 41.9. The molecule has 0 saturated carbocycles. The highest BCUT2D eigenvalue weighted by atomic mass is 19.4. The van der Waals surface area contributed by atoms with Crippen molar-refractivity contribution in [2.75, 3.05) is 26.7 Å². The molecule has 0 spiro atoms. The number of rotatable bonds is 14. The molecule has 0 aliphatic heterocycles. The Morgan fingerprint density at radius 2 is 1.50 bits per heavy atom. The van der Waals surface area contributed by atoms with Crippen molar-refractivity contribution >= 4 is 11.9 Å². The van der Waals surface area contributed by atoms with E-state index in [0.29, 0.717) is 11.1 Å². The van der Waals surface area contributed by atoms with E-state index in [-0.39, 0.29) is 54.8 Å². The number of carbonyl (C=O) groups is 2. The van der Waals surface area contributed by atoms with E-state index in [9.17, 15) is 50.2 Å². The molecule has 54 heavy (non-hydrogen) atoms. The minimum Gasteiger partial charge on any atom is -0.466 e. The van der Waals surface area contributed by atoms with Crippen LogP contribution in [0.15, 0.2) is 35.3 Å². The van der Waals surface area contributed by atoms with Crippen molar-refractivity contribution in [3.8, 4) is 11.1 Å². The van der Waals surface area contributed by atoms with Gasteiger partial charge in [0.15, 0.2) is 5.72 Å². The van der Waals surface area contributed by atoms with E-state index in [4.69, 9.17) is 4.74 Å². The molecule has 1 heterocycles. The lowest BCUT2D eigenvalue weighted by atomic mass is 9.87. The number of hydrogen-bond donors (Lipinski definition) is 2. The van der Waals surface area contributed by atoms with Gasteiger partial charge < -0.3 is 24.6 Å². The Kier molecular flexibility index (Phi) is 13.8. The Morgan fingerprint density at radius 3 is 2.00 bits per heavy atom. The van der Waals surface area contributed by atoms with Crippen LogP contribution in [0.5, 0.6) is 0 Å². The van der Waals surface area contributed by atoms with E-state index in [2.05, 4.69) is 0 Å². The molecular weight excluding hydrogens is 737 g/mol. The third-order valence-electron chi connectivity index (χ3n) is 8.83. The van der Waals surface area contributed by atoms with Gasteiger partial charge in [-0.05, 0) is 93.6 Å². The number of aromatic nitrogens is 1. The largest absolute Gasteiger partial charge is 0.466 e. The average molecular weight is 780 g/mol. The zero-order chi connectivity index (χ0) is 41.1. The van der Waals surface area contributed by atoms with Gasteiger partial charge in [-0.15, -0.1) is 0 Å². The van der Waals surface area contributed by atoms with Gasteiger partial charge in [0.25, 0.3) is 5.56 Å². The van der Waals surface area contributed by atoms with Gasteiger partial charge in [-0.2, -0.15) is 26.3 Å². The van der Waals surface area contributed by atoms with Crippen LogP contribution in [0.25, 0.3) is 11.1 Å². The molecular formula is C37H42F9N3O5. The molecule has 2 N–H and O–H groups in total. The van der Waals surface area contributed by atoms with Gasteiger partial charge in [0, 0.05) is 24.4 Å². The van der Waals surface area contributed by atoms with E-state index < -0.39 is 99.2 Å². The number of aryl methyl sites for hydroxylation is 2. The molecule has 0 aliphatic carbocycles. The van der Waals surface area contributed by atoms with Gasteiger partial charge in [0.05, 0.1) is 29.7 Å². The molecule has 3 rings (SSSR count). The molecule has 2 atom stereocenters. The predicted molar refractivity (Wildman–Crippen MR) is 181 cm³/mol. The van der Waals surface area contributed by atoms with Crippen LogP contribution in [-0.4, -0.2) is 53.2 Å². The average Bonchev–Trinajstić information content (AvgIpc) is 3.02. The molecule has 2 aromatic carbocycles. The second kappa shape index (κ2) is 17.0. The molecule has 17 heteroatoms. The smallest absolute Gasteiger partial charge is 0.419 e. The Balaban J connectivity index is 2.38. The molecule has 0 radical (unpaired) electrons. The van der Waals surface area contributed by atoms with Crippen LogP contribution in [0.1, 0.15) is 80.0 Å². The van der Waals surface area contributed by atoms with Crippen molar-refractivity contribution in [2.24, 2.45) is 5.92 Å². The minimum atomic E-state index is -5.55. The Hall–Kier alpha value is -4.38. The Morgan fingerprint density at radius 1 is 0.926 bits per heavy atom. The number of aliphatic hydroxyl groups is 1. The molecule has 1 aromatic heterocycles. The second-order valence-electron chi connectivity index (χ2n) is 13.5. The highest BCUT2D eigenvalue weighted by Crippen LogP contribution is 2.43. The molecule has 2 unspecified atom stereocenters. The number of esters is 1. The van der Waals surface area contributed by atoms with Gasteiger partial charge in [0.2, 0.25) is 5.91 Å². The normalized spacial score (nSPS) is 14.0. The van der Waals surface area contributed by atoms with Gasteiger partial charge in [-0.25, -0.2) is 13.2 Å². The fourth-order valence-electron chi connectivity index (χ4n) is 6.19. The Bertz CT molecular complexity index is 1900. The first-order valence-electron chi connectivity index (χ1n) is 16.9. The molecule has 0 bridgehead atoms. The van der Waals surface area contributed by atoms with Gasteiger partial charge in [-0.1, -0.05) is 20.8 Å². The first-order valence-corrected chi connectivity index (χ1v) is 16.9. The number of halogens is 9. The van der Waals surface area contributed by atoms with Crippen LogP contribution in [-0.2, 0) is 38.8 Å². The fourth-order valence-corrected chi connectivity index (χ4v) is 6.19. The van der Waals surface area contributed by atoms with Crippen molar-refractivity contribution in [3.63, 3.8) is 0 Å². The van der Waals surface area contributed by atoms with Crippen molar-refractivity contribution in [1.29, 1.82) is 0 Å². The summed E-state index contributed by atoms with van der Waals surface area (Å²) >= 11 is 0. The fraction of sp³-hybridized carbons (Fsp3) is 0.486. The Labute approximate surface area is 305 Å². The summed E-state index contributed by atoms with van der Waals surface area (Å²) in [5.41, 5.74) is -12.1. The number of carbonyl (C=O) groups excluding carboxylic acids is 2. The lowest BCUT2D eigenvalue weighted by Crippen LogP contribution is -2.52. The number of benzene rings is 2. The zero-order valence-corrected chi connectivity index (χ0v) is 30.7. The van der Waals surface area contributed by atoms with Crippen LogP contribution in [0.2, 0.25) is 0 Å². The van der Waals surface area contributed by atoms with Crippen LogP contribution >= 0.6 is 0 Å². The summed E-state index contributed by atoms with van der Waals surface area (Å²) < 4.78 is 138. The minimum absolute atomic E-state index is 0.0883. The third-order valence-corrected chi connectivity index (χ3v) is 8.83. The van der Waals surface area contributed by atoms with Gasteiger partial charge in [0.1, 0.15) is 23.5 Å². The molecule has 1 amide bonds. The molecule has 8 nitrogen and oxygen atoms in total. The summed E-state index contributed by atoms with van der Waals surface area (Å²) in [7, 11) is 1.64. The van der Waals surface area contributed by atoms with Gasteiger partial charge in [-0.3, -0.25) is 14.4 Å². The maximum atomic E-state index is 16.7. The first kappa shape index (κ1) is 44.0. The van der Waals surface area contributed by atoms with Crippen LogP contribution in [0.3, 0.4) is 0 Å². The number of nitrogens with one attached hydrogen (secondary N) is 1. The van der Waals surface area contributed by atoms with Crippen LogP contribution in [0, 0.1) is 37.2 Å². The highest BCUT2D eigenvalue weighted by molar-refractivity contribution is 5.83. The number of likely N-dealkylation sites (N-methyl/N-ethyl adjacent to an activating group) is 1. The lowest BCUT2D eigenvalue weighted by molar-refractivity contribution is -0.153. The molecule has 0 aliphatic rings. The lowest BCUT2D eigenvalue weighted by Gasteiger charge is -2.33. The maximum Gasteiger partial charge on any atom is 0.419 e. The van der Waals surface area contributed by atoms with E-state index in [1.165, 1.54) is 20.8 Å². The SMILES string of the molecule is CCOC(=O)CC(O)(NC(=O)C(CC(C)C)n1cc(CCN(C)CC)c(C(F)(F)F)cc1=O)c1c(F)c(-c2c(C)cc(F)cc2C)cc(C(F)(F)F)c1F. The summed E-state index contributed by atoms with van der Waals surface area (Å²) in [6.07, 6.45) is -11.9. The molecule has 0 fully saturated rings. The van der Waals surface area contributed by atoms with Gasteiger partial charge >= 0.3 is 18.3 Å². The van der Waals surface area contributed by atoms with Crippen molar-refractivity contribution in [3.05, 3.63) is 91.6 Å². The maximum absolute atomic E-state index is 16.7. The summed E-state index contributed by atoms with van der Waals surface area (Å²) in [6.45, 7) is 8.85.